The topological polar surface area (TPSA) is 63.0 Å². The van der Waals surface area contributed by atoms with Gasteiger partial charge in [-0.05, 0) is 50.8 Å². The van der Waals surface area contributed by atoms with Gasteiger partial charge in [-0.25, -0.2) is 0 Å². The van der Waals surface area contributed by atoms with Crippen molar-refractivity contribution in [2.45, 2.75) is 45.7 Å². The molecule has 162 valence electrons. The Balaban J connectivity index is 1.66. The molecule has 2 atom stereocenters. The number of rotatable bonds is 10. The molecule has 2 aromatic rings. The first kappa shape index (κ1) is 22.1. The normalized spacial score (nSPS) is 17.8. The standard InChI is InChI=1S/C24H32N2O4/c1-17(2)26(24(28)22-14-21(22)19-8-6-5-7-9-19)16-23(27)25(12-13-29-4)15-20-11-10-18(3)30-20/h5-11,17,21-22H,12-16H2,1-4H3/t21-,22-/m0/s1. The van der Waals surface area contributed by atoms with E-state index in [-0.39, 0.29) is 36.2 Å². The number of nitrogens with zero attached hydrogens (tertiary/aromatic N) is 2. The summed E-state index contributed by atoms with van der Waals surface area (Å²) >= 11 is 0. The SMILES string of the molecule is COCCN(Cc1ccc(C)o1)C(=O)CN(C(=O)[C@H]1C[C@H]1c1ccccc1)C(C)C. The molecule has 0 aliphatic heterocycles. The smallest absolute Gasteiger partial charge is 0.242 e. The van der Waals surface area contributed by atoms with Crippen LogP contribution in [0.2, 0.25) is 0 Å². The lowest BCUT2D eigenvalue weighted by Crippen LogP contribution is -2.47. The van der Waals surface area contributed by atoms with Crippen LogP contribution in [0.5, 0.6) is 0 Å². The highest BCUT2D eigenvalue weighted by Gasteiger charge is 2.46. The number of hydrogen-bond donors (Lipinski definition) is 0. The van der Waals surface area contributed by atoms with E-state index in [4.69, 9.17) is 9.15 Å². The molecular weight excluding hydrogens is 380 g/mol. The Morgan fingerprint density at radius 2 is 1.90 bits per heavy atom. The molecule has 1 aliphatic carbocycles. The zero-order valence-electron chi connectivity index (χ0n) is 18.3. The largest absolute Gasteiger partial charge is 0.464 e. The molecule has 1 aromatic heterocycles. The Labute approximate surface area is 178 Å². The number of carbonyl (C=O) groups is 2. The molecule has 0 radical (unpaired) electrons. The molecule has 1 saturated carbocycles. The molecule has 1 fully saturated rings. The molecule has 3 rings (SSSR count). The number of aryl methyl sites for hydroxylation is 1. The highest BCUT2D eigenvalue weighted by atomic mass is 16.5. The fraction of sp³-hybridized carbons (Fsp3) is 0.500. The van der Waals surface area contributed by atoms with Gasteiger partial charge in [-0.15, -0.1) is 0 Å². The number of carbonyl (C=O) groups excluding carboxylic acids is 2. The lowest BCUT2D eigenvalue weighted by Gasteiger charge is -2.30. The summed E-state index contributed by atoms with van der Waals surface area (Å²) in [6.07, 6.45) is 0.847. The van der Waals surface area contributed by atoms with Crippen molar-refractivity contribution in [1.82, 2.24) is 9.80 Å². The van der Waals surface area contributed by atoms with Crippen molar-refractivity contribution in [3.8, 4) is 0 Å². The Morgan fingerprint density at radius 3 is 2.50 bits per heavy atom. The molecule has 2 amide bonds. The minimum atomic E-state index is -0.0972. The third kappa shape index (κ3) is 5.51. The van der Waals surface area contributed by atoms with E-state index in [1.165, 1.54) is 5.56 Å². The van der Waals surface area contributed by atoms with E-state index in [9.17, 15) is 9.59 Å². The molecule has 1 aliphatic rings. The van der Waals surface area contributed by atoms with Crippen LogP contribution >= 0.6 is 0 Å². The van der Waals surface area contributed by atoms with Gasteiger partial charge in [0.15, 0.2) is 0 Å². The third-order valence-corrected chi connectivity index (χ3v) is 5.61. The van der Waals surface area contributed by atoms with Crippen molar-refractivity contribution in [1.29, 1.82) is 0 Å². The lowest BCUT2D eigenvalue weighted by molar-refractivity contribution is -0.143. The summed E-state index contributed by atoms with van der Waals surface area (Å²) in [5.41, 5.74) is 1.20. The molecule has 0 unspecified atom stereocenters. The van der Waals surface area contributed by atoms with Crippen LogP contribution in [0.1, 0.15) is 43.3 Å². The van der Waals surface area contributed by atoms with E-state index in [1.807, 2.05) is 51.1 Å². The molecule has 0 spiro atoms. The first-order chi connectivity index (χ1) is 14.4. The average molecular weight is 413 g/mol. The minimum Gasteiger partial charge on any atom is -0.464 e. The monoisotopic (exact) mass is 412 g/mol. The second kappa shape index (κ2) is 9.94. The molecule has 1 heterocycles. The molecule has 6 nitrogen and oxygen atoms in total. The van der Waals surface area contributed by atoms with E-state index in [0.717, 1.165) is 17.9 Å². The number of furan rings is 1. The Bertz CT molecular complexity index is 846. The van der Waals surface area contributed by atoms with E-state index < -0.39 is 0 Å². The van der Waals surface area contributed by atoms with Crippen LogP contribution in [0.3, 0.4) is 0 Å². The lowest BCUT2D eigenvalue weighted by atomic mass is 10.1. The van der Waals surface area contributed by atoms with E-state index in [0.29, 0.717) is 19.7 Å². The van der Waals surface area contributed by atoms with Crippen LogP contribution in [-0.4, -0.2) is 54.5 Å². The predicted octanol–water partition coefficient (Wildman–Crippen LogP) is 3.60. The molecule has 6 heteroatoms. The third-order valence-electron chi connectivity index (χ3n) is 5.61. The van der Waals surface area contributed by atoms with Gasteiger partial charge in [0, 0.05) is 25.6 Å². The van der Waals surface area contributed by atoms with Gasteiger partial charge < -0.3 is 19.0 Å². The average Bonchev–Trinajstić information content (AvgIpc) is 3.44. The second-order valence-electron chi connectivity index (χ2n) is 8.24. The van der Waals surface area contributed by atoms with Crippen molar-refractivity contribution in [2.24, 2.45) is 5.92 Å². The quantitative estimate of drug-likeness (QED) is 0.598. The summed E-state index contributed by atoms with van der Waals surface area (Å²) in [4.78, 5) is 29.7. The fourth-order valence-electron chi connectivity index (χ4n) is 3.76. The van der Waals surface area contributed by atoms with E-state index in [1.54, 1.807) is 16.9 Å². The predicted molar refractivity (Wildman–Crippen MR) is 115 cm³/mol. The fourth-order valence-corrected chi connectivity index (χ4v) is 3.76. The number of benzene rings is 1. The van der Waals surface area contributed by atoms with Crippen molar-refractivity contribution < 1.29 is 18.7 Å². The zero-order chi connectivity index (χ0) is 21.7. The van der Waals surface area contributed by atoms with Crippen LogP contribution in [0, 0.1) is 12.8 Å². The highest BCUT2D eigenvalue weighted by Crippen LogP contribution is 2.48. The Hall–Kier alpha value is -2.60. The van der Waals surface area contributed by atoms with Gasteiger partial charge in [-0.3, -0.25) is 9.59 Å². The van der Waals surface area contributed by atoms with Gasteiger partial charge in [-0.1, -0.05) is 30.3 Å². The van der Waals surface area contributed by atoms with Crippen molar-refractivity contribution in [3.05, 3.63) is 59.5 Å². The molecule has 0 N–H and O–H groups in total. The summed E-state index contributed by atoms with van der Waals surface area (Å²) in [5.74, 6) is 1.72. The Kier molecular flexibility index (Phi) is 7.32. The van der Waals surface area contributed by atoms with Gasteiger partial charge in [0.1, 0.15) is 18.1 Å². The van der Waals surface area contributed by atoms with E-state index >= 15 is 0 Å². The number of amides is 2. The van der Waals surface area contributed by atoms with Crippen molar-refractivity contribution in [2.75, 3.05) is 26.8 Å². The second-order valence-corrected chi connectivity index (χ2v) is 8.24. The maximum atomic E-state index is 13.2. The summed E-state index contributed by atoms with van der Waals surface area (Å²) < 4.78 is 10.8. The molecule has 1 aromatic carbocycles. The van der Waals surface area contributed by atoms with Gasteiger partial charge in [-0.2, -0.15) is 0 Å². The minimum absolute atomic E-state index is 0.0391. The van der Waals surface area contributed by atoms with Gasteiger partial charge >= 0.3 is 0 Å². The maximum absolute atomic E-state index is 13.2. The maximum Gasteiger partial charge on any atom is 0.242 e. The first-order valence-electron chi connectivity index (χ1n) is 10.6. The van der Waals surface area contributed by atoms with Gasteiger partial charge in [0.25, 0.3) is 0 Å². The molecule has 0 bridgehead atoms. The van der Waals surface area contributed by atoms with Crippen LogP contribution < -0.4 is 0 Å². The van der Waals surface area contributed by atoms with Crippen LogP contribution in [0.25, 0.3) is 0 Å². The Morgan fingerprint density at radius 1 is 1.17 bits per heavy atom. The number of ether oxygens (including phenoxy) is 1. The number of methoxy groups -OCH3 is 1. The summed E-state index contributed by atoms with van der Waals surface area (Å²) in [6, 6.07) is 13.8. The molecule has 0 saturated heterocycles. The van der Waals surface area contributed by atoms with E-state index in [2.05, 4.69) is 12.1 Å². The molecule has 30 heavy (non-hydrogen) atoms. The summed E-state index contributed by atoms with van der Waals surface area (Å²) in [6.45, 7) is 7.11. The van der Waals surface area contributed by atoms with Crippen molar-refractivity contribution in [3.63, 3.8) is 0 Å². The number of hydrogen-bond acceptors (Lipinski definition) is 4. The van der Waals surface area contributed by atoms with Crippen LogP contribution in [0.4, 0.5) is 0 Å². The van der Waals surface area contributed by atoms with Crippen LogP contribution in [0.15, 0.2) is 46.9 Å². The van der Waals surface area contributed by atoms with Crippen LogP contribution in [-0.2, 0) is 20.9 Å². The summed E-state index contributed by atoms with van der Waals surface area (Å²) in [5, 5.41) is 0. The first-order valence-corrected chi connectivity index (χ1v) is 10.6. The van der Waals surface area contributed by atoms with Crippen molar-refractivity contribution >= 4 is 11.8 Å². The van der Waals surface area contributed by atoms with Gasteiger partial charge in [0.2, 0.25) is 11.8 Å². The molecular formula is C24H32N2O4. The summed E-state index contributed by atoms with van der Waals surface area (Å²) in [7, 11) is 1.61. The zero-order valence-corrected chi connectivity index (χ0v) is 18.3. The van der Waals surface area contributed by atoms with Gasteiger partial charge in [0.05, 0.1) is 13.2 Å². The highest BCUT2D eigenvalue weighted by molar-refractivity contribution is 5.88.